The largest absolute Gasteiger partial charge is 0.481 e. The lowest BCUT2D eigenvalue weighted by molar-refractivity contribution is -0.142. The van der Waals surface area contributed by atoms with Gasteiger partial charge in [0, 0.05) is 20.1 Å². The van der Waals surface area contributed by atoms with E-state index in [0.29, 0.717) is 12.3 Å². The summed E-state index contributed by atoms with van der Waals surface area (Å²) in [7, 11) is 1.82. The van der Waals surface area contributed by atoms with Gasteiger partial charge in [-0.05, 0) is 25.0 Å². The number of rotatable bonds is 4. The second-order valence-electron chi connectivity index (χ2n) is 6.28. The van der Waals surface area contributed by atoms with Crippen molar-refractivity contribution in [3.05, 3.63) is 46.8 Å². The lowest BCUT2D eigenvalue weighted by Crippen LogP contribution is -2.42. The molecule has 0 spiro atoms. The summed E-state index contributed by atoms with van der Waals surface area (Å²) >= 11 is 0. The smallest absolute Gasteiger partial charge is 0.312 e. The number of carboxylic acid groups (broad SMARTS) is 1. The number of aryl methyl sites for hydroxylation is 2. The van der Waals surface area contributed by atoms with Gasteiger partial charge < -0.3 is 14.7 Å². The topological polar surface area (TPSA) is 84.7 Å². The Morgan fingerprint density at radius 1 is 1.32 bits per heavy atom. The Morgan fingerprint density at radius 3 is 2.68 bits per heavy atom. The van der Waals surface area contributed by atoms with E-state index in [1.165, 1.54) is 0 Å². The Hall–Kier alpha value is -2.83. The number of benzene rings is 1. The highest BCUT2D eigenvalue weighted by Crippen LogP contribution is 2.29. The van der Waals surface area contributed by atoms with Crippen LogP contribution in [-0.4, -0.2) is 44.8 Å². The fourth-order valence-electron chi connectivity index (χ4n) is 3.20. The zero-order valence-electron chi connectivity index (χ0n) is 14.5. The molecule has 7 heteroatoms. The number of nitrogens with zero attached hydrogens (tertiary/aromatic N) is 3. The summed E-state index contributed by atoms with van der Waals surface area (Å²) < 4.78 is 7.37. The second kappa shape index (κ2) is 6.58. The van der Waals surface area contributed by atoms with Crippen molar-refractivity contribution in [2.24, 2.45) is 7.05 Å². The van der Waals surface area contributed by atoms with E-state index >= 15 is 0 Å². The molecule has 1 amide bonds. The van der Waals surface area contributed by atoms with E-state index in [2.05, 4.69) is 5.10 Å². The predicted octanol–water partition coefficient (Wildman–Crippen LogP) is 1.63. The minimum atomic E-state index is -0.926. The number of carbonyl (C=O) groups excluding carboxylic acids is 1. The highest BCUT2D eigenvalue weighted by Gasteiger charge is 2.32. The van der Waals surface area contributed by atoms with Crippen molar-refractivity contribution >= 4 is 11.9 Å². The molecular weight excluding hydrogens is 322 g/mol. The molecule has 0 aliphatic carbocycles. The van der Waals surface area contributed by atoms with Crippen LogP contribution < -0.4 is 4.74 Å². The summed E-state index contributed by atoms with van der Waals surface area (Å²) in [5.41, 5.74) is 3.21. The Labute approximate surface area is 145 Å². The molecule has 1 aromatic carbocycles. The molecule has 2 heterocycles. The summed E-state index contributed by atoms with van der Waals surface area (Å²) in [6, 6.07) is 7.35. The number of amides is 1. The van der Waals surface area contributed by atoms with Crippen molar-refractivity contribution in [3.8, 4) is 5.75 Å². The van der Waals surface area contributed by atoms with Crippen molar-refractivity contribution in [2.45, 2.75) is 26.3 Å². The van der Waals surface area contributed by atoms with Gasteiger partial charge in [-0.3, -0.25) is 14.3 Å². The molecule has 1 atom stereocenters. The molecule has 2 aromatic rings. The summed E-state index contributed by atoms with van der Waals surface area (Å²) in [5, 5.41) is 13.7. The van der Waals surface area contributed by atoms with Gasteiger partial charge in [0.05, 0.1) is 11.6 Å². The highest BCUT2D eigenvalue weighted by molar-refractivity contribution is 5.82. The van der Waals surface area contributed by atoms with Crippen molar-refractivity contribution in [3.63, 3.8) is 0 Å². The van der Waals surface area contributed by atoms with Crippen LogP contribution in [0.15, 0.2) is 24.3 Å². The van der Waals surface area contributed by atoms with E-state index in [1.54, 1.807) is 9.58 Å². The maximum Gasteiger partial charge on any atom is 0.312 e. The first-order valence-corrected chi connectivity index (χ1v) is 8.10. The van der Waals surface area contributed by atoms with E-state index in [9.17, 15) is 14.7 Å². The molecule has 1 unspecified atom stereocenters. The van der Waals surface area contributed by atoms with Crippen LogP contribution in [0, 0.1) is 13.8 Å². The molecule has 0 saturated carbocycles. The number of aliphatic carboxylic acids is 1. The number of hydrogen-bond acceptors (Lipinski definition) is 4. The number of carboxylic acids is 1. The normalized spacial score (nSPS) is 16.4. The average Bonchev–Trinajstić information content (AvgIpc) is 2.83. The molecule has 0 radical (unpaired) electrons. The van der Waals surface area contributed by atoms with Gasteiger partial charge in [-0.15, -0.1) is 0 Å². The van der Waals surface area contributed by atoms with Crippen LogP contribution in [0.3, 0.4) is 0 Å². The summed E-state index contributed by atoms with van der Waals surface area (Å²) in [6.45, 7) is 4.11. The van der Waals surface area contributed by atoms with Crippen LogP contribution >= 0.6 is 0 Å². The Bertz CT molecular complexity index is 828. The Kier molecular flexibility index (Phi) is 4.48. The molecule has 132 valence electrons. The van der Waals surface area contributed by atoms with Gasteiger partial charge in [-0.2, -0.15) is 5.10 Å². The maximum atomic E-state index is 12.6. The van der Waals surface area contributed by atoms with Crippen molar-refractivity contribution in [1.82, 2.24) is 14.7 Å². The van der Waals surface area contributed by atoms with Crippen LogP contribution in [0.4, 0.5) is 0 Å². The van der Waals surface area contributed by atoms with Crippen molar-refractivity contribution < 1.29 is 19.4 Å². The van der Waals surface area contributed by atoms with E-state index < -0.39 is 11.9 Å². The van der Waals surface area contributed by atoms with Crippen LogP contribution in [0.5, 0.6) is 5.75 Å². The van der Waals surface area contributed by atoms with Crippen molar-refractivity contribution in [1.29, 1.82) is 0 Å². The first kappa shape index (κ1) is 17.0. The second-order valence-corrected chi connectivity index (χ2v) is 6.28. The fourth-order valence-corrected chi connectivity index (χ4v) is 3.20. The monoisotopic (exact) mass is 343 g/mol. The van der Waals surface area contributed by atoms with Crippen LogP contribution in [0.2, 0.25) is 0 Å². The minimum absolute atomic E-state index is 0.137. The molecule has 0 saturated heterocycles. The first-order valence-electron chi connectivity index (χ1n) is 8.10. The number of fused-ring (bicyclic) bond motifs is 1. The summed E-state index contributed by atoms with van der Waals surface area (Å²) in [6.07, 6.45) is 0. The number of ether oxygens (including phenoxy) is 1. The molecule has 1 N–H and O–H groups in total. The minimum Gasteiger partial charge on any atom is -0.481 e. The van der Waals surface area contributed by atoms with E-state index in [1.807, 2.05) is 45.2 Å². The first-order chi connectivity index (χ1) is 11.9. The van der Waals surface area contributed by atoms with Gasteiger partial charge in [0.15, 0.2) is 12.4 Å². The molecule has 1 aromatic heterocycles. The van der Waals surface area contributed by atoms with Crippen molar-refractivity contribution in [2.75, 3.05) is 13.2 Å². The van der Waals surface area contributed by atoms with Crippen LogP contribution in [0.1, 0.15) is 28.4 Å². The molecule has 25 heavy (non-hydrogen) atoms. The number of carbonyl (C=O) groups is 2. The van der Waals surface area contributed by atoms with Gasteiger partial charge in [0.1, 0.15) is 5.69 Å². The Balaban J connectivity index is 1.74. The van der Waals surface area contributed by atoms with Crippen LogP contribution in [-0.2, 0) is 23.2 Å². The average molecular weight is 343 g/mol. The van der Waals surface area contributed by atoms with Gasteiger partial charge in [0.2, 0.25) is 0 Å². The molecule has 7 nitrogen and oxygen atoms in total. The van der Waals surface area contributed by atoms with Gasteiger partial charge in [0.25, 0.3) is 5.91 Å². The zero-order valence-corrected chi connectivity index (χ0v) is 14.5. The third-order valence-corrected chi connectivity index (χ3v) is 4.63. The van der Waals surface area contributed by atoms with Gasteiger partial charge in [-0.25, -0.2) is 0 Å². The van der Waals surface area contributed by atoms with Gasteiger partial charge >= 0.3 is 5.97 Å². The summed E-state index contributed by atoms with van der Waals surface area (Å²) in [5.74, 6) is -1.27. The van der Waals surface area contributed by atoms with Gasteiger partial charge in [-0.1, -0.05) is 24.3 Å². The third kappa shape index (κ3) is 3.22. The lowest BCUT2D eigenvalue weighted by Gasteiger charge is -2.32. The Morgan fingerprint density at radius 2 is 2.04 bits per heavy atom. The lowest BCUT2D eigenvalue weighted by atomic mass is 9.90. The quantitative estimate of drug-likeness (QED) is 0.912. The highest BCUT2D eigenvalue weighted by atomic mass is 16.5. The number of hydrogen-bond donors (Lipinski definition) is 1. The summed E-state index contributed by atoms with van der Waals surface area (Å²) in [4.78, 5) is 25.7. The van der Waals surface area contributed by atoms with E-state index in [-0.39, 0.29) is 19.1 Å². The van der Waals surface area contributed by atoms with E-state index in [4.69, 9.17) is 4.74 Å². The molecule has 1 aliphatic rings. The molecule has 1 aliphatic heterocycles. The predicted molar refractivity (Wildman–Crippen MR) is 90.4 cm³/mol. The molecule has 0 bridgehead atoms. The fraction of sp³-hybridized carbons (Fsp3) is 0.389. The van der Waals surface area contributed by atoms with Crippen LogP contribution in [0.25, 0.3) is 0 Å². The molecule has 3 rings (SSSR count). The zero-order chi connectivity index (χ0) is 18.1. The molecule has 0 fully saturated rings. The number of aromatic nitrogens is 2. The maximum absolute atomic E-state index is 12.6. The standard InChI is InChI=1S/C18H21N3O4/c1-11-17(12(2)20(3)19-11)25-10-16(22)21-8-13-6-4-5-7-14(13)15(9-21)18(23)24/h4-7,15H,8-10H2,1-3H3,(H,23,24). The molecular formula is C18H21N3O4. The van der Waals surface area contributed by atoms with E-state index in [0.717, 1.165) is 22.5 Å². The third-order valence-electron chi connectivity index (χ3n) is 4.63. The SMILES string of the molecule is Cc1nn(C)c(C)c1OCC(=O)N1Cc2ccccc2C(C(=O)O)C1.